The maximum Gasteiger partial charge on any atom is 0.152 e. The van der Waals surface area contributed by atoms with Crippen LogP contribution in [0, 0.1) is 5.92 Å². The van der Waals surface area contributed by atoms with Gasteiger partial charge in [-0.15, -0.1) is 0 Å². The van der Waals surface area contributed by atoms with Gasteiger partial charge < -0.3 is 10.5 Å². The lowest BCUT2D eigenvalue weighted by atomic mass is 10.1. The van der Waals surface area contributed by atoms with E-state index in [1.54, 1.807) is 0 Å². The highest BCUT2D eigenvalue weighted by Crippen LogP contribution is 2.27. The van der Waals surface area contributed by atoms with Crippen molar-refractivity contribution in [2.24, 2.45) is 11.7 Å². The third kappa shape index (κ3) is 5.00. The fourth-order valence-electron chi connectivity index (χ4n) is 2.95. The molecule has 21 heavy (non-hydrogen) atoms. The van der Waals surface area contributed by atoms with Gasteiger partial charge in [0.2, 0.25) is 0 Å². The minimum Gasteiger partial charge on any atom is -0.494 e. The van der Waals surface area contributed by atoms with Crippen LogP contribution >= 0.6 is 0 Å². The maximum absolute atomic E-state index is 12.2. The zero-order chi connectivity index (χ0) is 15.3. The van der Waals surface area contributed by atoms with Crippen molar-refractivity contribution >= 4 is 9.84 Å². The van der Waals surface area contributed by atoms with Gasteiger partial charge in [0.15, 0.2) is 9.84 Å². The van der Waals surface area contributed by atoms with E-state index >= 15 is 0 Å². The molecule has 1 aromatic carbocycles. The van der Waals surface area contributed by atoms with Crippen LogP contribution in [0.5, 0.6) is 5.75 Å². The minimum absolute atomic E-state index is 0.0253. The third-order valence-corrected chi connectivity index (χ3v) is 5.86. The second-order valence-corrected chi connectivity index (χ2v) is 7.99. The monoisotopic (exact) mass is 311 g/mol. The van der Waals surface area contributed by atoms with Crippen LogP contribution in [0.2, 0.25) is 0 Å². The lowest BCUT2D eigenvalue weighted by Gasteiger charge is -2.15. The second-order valence-electron chi connectivity index (χ2n) is 5.84. The van der Waals surface area contributed by atoms with Crippen molar-refractivity contribution in [3.8, 4) is 5.75 Å². The van der Waals surface area contributed by atoms with Crippen LogP contribution in [0.4, 0.5) is 0 Å². The molecule has 2 N–H and O–H groups in total. The number of benzene rings is 1. The predicted molar refractivity (Wildman–Crippen MR) is 85.2 cm³/mol. The Balaban J connectivity index is 1.94. The third-order valence-electron chi connectivity index (χ3n) is 4.02. The van der Waals surface area contributed by atoms with E-state index in [1.165, 1.54) is 0 Å². The van der Waals surface area contributed by atoms with Gasteiger partial charge in [0, 0.05) is 6.04 Å². The molecule has 0 saturated heterocycles. The Morgan fingerprint density at radius 1 is 1.24 bits per heavy atom. The number of hydrogen-bond donors (Lipinski definition) is 1. The van der Waals surface area contributed by atoms with E-state index < -0.39 is 15.9 Å². The normalized spacial score (nSPS) is 17.8. The summed E-state index contributed by atoms with van der Waals surface area (Å²) in [5, 5.41) is 0. The highest BCUT2D eigenvalue weighted by molar-refractivity contribution is 7.91. The number of sulfone groups is 1. The molecular weight excluding hydrogens is 286 g/mol. The average molecular weight is 311 g/mol. The molecule has 0 spiro atoms. The van der Waals surface area contributed by atoms with Gasteiger partial charge >= 0.3 is 0 Å². The van der Waals surface area contributed by atoms with Crippen molar-refractivity contribution in [3.05, 3.63) is 29.8 Å². The SMILES string of the molecule is CCOc1ccc(C(N)CS(=O)(=O)CC2CCCC2)cc1. The van der Waals surface area contributed by atoms with Crippen molar-refractivity contribution in [2.45, 2.75) is 38.6 Å². The summed E-state index contributed by atoms with van der Waals surface area (Å²) in [5.74, 6) is 1.43. The molecule has 5 heteroatoms. The van der Waals surface area contributed by atoms with Crippen molar-refractivity contribution in [2.75, 3.05) is 18.1 Å². The molecule has 1 fully saturated rings. The molecule has 4 nitrogen and oxygen atoms in total. The van der Waals surface area contributed by atoms with Crippen molar-refractivity contribution in [1.29, 1.82) is 0 Å². The molecule has 0 bridgehead atoms. The Morgan fingerprint density at radius 2 is 1.86 bits per heavy atom. The van der Waals surface area contributed by atoms with Gasteiger partial charge in [-0.1, -0.05) is 25.0 Å². The quantitative estimate of drug-likeness (QED) is 0.840. The largest absolute Gasteiger partial charge is 0.494 e. The molecular formula is C16H25NO3S. The molecule has 1 aliphatic carbocycles. The van der Waals surface area contributed by atoms with E-state index in [4.69, 9.17) is 10.5 Å². The van der Waals surface area contributed by atoms with Crippen molar-refractivity contribution in [3.63, 3.8) is 0 Å². The first-order valence-electron chi connectivity index (χ1n) is 7.69. The average Bonchev–Trinajstić information content (AvgIpc) is 2.91. The molecule has 0 heterocycles. The molecule has 0 amide bonds. The maximum atomic E-state index is 12.2. The second kappa shape index (κ2) is 7.27. The lowest BCUT2D eigenvalue weighted by molar-refractivity contribution is 0.340. The van der Waals surface area contributed by atoms with Gasteiger partial charge in [0.05, 0.1) is 18.1 Å². The zero-order valence-electron chi connectivity index (χ0n) is 12.6. The number of nitrogens with two attached hydrogens (primary N) is 1. The van der Waals surface area contributed by atoms with Gasteiger partial charge in [-0.2, -0.15) is 0 Å². The summed E-state index contributed by atoms with van der Waals surface area (Å²) < 4.78 is 29.8. The molecule has 1 unspecified atom stereocenters. The first kappa shape index (κ1) is 16.3. The molecule has 2 rings (SSSR count). The summed E-state index contributed by atoms with van der Waals surface area (Å²) in [5.41, 5.74) is 6.90. The first-order chi connectivity index (χ1) is 10.00. The number of ether oxygens (including phenoxy) is 1. The first-order valence-corrected chi connectivity index (χ1v) is 9.51. The van der Waals surface area contributed by atoms with Crippen LogP contribution in [0.15, 0.2) is 24.3 Å². The van der Waals surface area contributed by atoms with E-state index in [-0.39, 0.29) is 11.5 Å². The van der Waals surface area contributed by atoms with Gasteiger partial charge in [-0.3, -0.25) is 0 Å². The Bertz CT molecular complexity index is 533. The fourth-order valence-corrected chi connectivity index (χ4v) is 4.88. The summed E-state index contributed by atoms with van der Waals surface area (Å²) in [6, 6.07) is 6.90. The Hall–Kier alpha value is -1.07. The van der Waals surface area contributed by atoms with Crippen molar-refractivity contribution in [1.82, 2.24) is 0 Å². The van der Waals surface area contributed by atoms with Crippen LogP contribution in [-0.4, -0.2) is 26.5 Å². The zero-order valence-corrected chi connectivity index (χ0v) is 13.4. The summed E-state index contributed by atoms with van der Waals surface area (Å²) >= 11 is 0. The van der Waals surface area contributed by atoms with Gasteiger partial charge in [-0.05, 0) is 43.4 Å². The summed E-state index contributed by atoms with van der Waals surface area (Å²) in [6.45, 7) is 2.54. The number of rotatable bonds is 7. The number of hydrogen-bond acceptors (Lipinski definition) is 4. The summed E-state index contributed by atoms with van der Waals surface area (Å²) in [4.78, 5) is 0. The summed E-state index contributed by atoms with van der Waals surface area (Å²) in [6.07, 6.45) is 4.39. The smallest absolute Gasteiger partial charge is 0.152 e. The molecule has 1 aromatic rings. The highest BCUT2D eigenvalue weighted by Gasteiger charge is 2.24. The highest BCUT2D eigenvalue weighted by atomic mass is 32.2. The van der Waals surface area contributed by atoms with E-state index in [0.29, 0.717) is 12.5 Å². The van der Waals surface area contributed by atoms with E-state index in [1.807, 2.05) is 31.2 Å². The topological polar surface area (TPSA) is 69.4 Å². The van der Waals surface area contributed by atoms with Crippen LogP contribution < -0.4 is 10.5 Å². The van der Waals surface area contributed by atoms with Crippen LogP contribution in [-0.2, 0) is 9.84 Å². The Labute approximate surface area is 127 Å². The molecule has 1 atom stereocenters. The van der Waals surface area contributed by atoms with Crippen LogP contribution in [0.25, 0.3) is 0 Å². The minimum atomic E-state index is -3.09. The Kier molecular flexibility index (Phi) is 5.65. The van der Waals surface area contributed by atoms with Gasteiger partial charge in [0.1, 0.15) is 5.75 Å². The fraction of sp³-hybridized carbons (Fsp3) is 0.625. The standard InChI is InChI=1S/C16H25NO3S/c1-2-20-15-9-7-14(8-10-15)16(17)12-21(18,19)11-13-5-3-4-6-13/h7-10,13,16H,2-6,11-12,17H2,1H3. The molecule has 0 radical (unpaired) electrons. The van der Waals surface area contributed by atoms with E-state index in [2.05, 4.69) is 0 Å². The Morgan fingerprint density at radius 3 is 2.43 bits per heavy atom. The molecule has 0 aromatic heterocycles. The summed E-state index contributed by atoms with van der Waals surface area (Å²) in [7, 11) is -3.09. The molecule has 0 aliphatic heterocycles. The van der Waals surface area contributed by atoms with Crippen molar-refractivity contribution < 1.29 is 13.2 Å². The molecule has 1 aliphatic rings. The predicted octanol–water partition coefficient (Wildman–Crippen LogP) is 2.69. The van der Waals surface area contributed by atoms with Gasteiger partial charge in [0.25, 0.3) is 0 Å². The van der Waals surface area contributed by atoms with E-state index in [9.17, 15) is 8.42 Å². The van der Waals surface area contributed by atoms with Crippen LogP contribution in [0.1, 0.15) is 44.2 Å². The molecule has 118 valence electrons. The van der Waals surface area contributed by atoms with Crippen LogP contribution in [0.3, 0.4) is 0 Å². The van der Waals surface area contributed by atoms with E-state index in [0.717, 1.165) is 37.0 Å². The lowest BCUT2D eigenvalue weighted by Crippen LogP contribution is -2.25. The molecule has 1 saturated carbocycles. The van der Waals surface area contributed by atoms with Gasteiger partial charge in [-0.25, -0.2) is 8.42 Å².